The monoisotopic (exact) mass is 606 g/mol. The molecule has 0 fully saturated rings. The molecule has 0 aromatic heterocycles. The third-order valence-electron chi connectivity index (χ3n) is 6.39. The van der Waals surface area contributed by atoms with Crippen LogP contribution in [0.2, 0.25) is 0 Å². The third-order valence-corrected chi connectivity index (χ3v) is 6.39. The number of fused-ring (bicyclic) bond motifs is 3. The molecule has 0 spiro atoms. The van der Waals surface area contributed by atoms with Gasteiger partial charge in [0.1, 0.15) is 18.2 Å². The summed E-state index contributed by atoms with van der Waals surface area (Å²) in [5.74, 6) is -15.6. The highest BCUT2D eigenvalue weighted by Gasteiger charge is 2.33. The summed E-state index contributed by atoms with van der Waals surface area (Å²) in [5.41, 5.74) is 2.88. The van der Waals surface area contributed by atoms with Crippen molar-refractivity contribution in [1.29, 1.82) is 0 Å². The molecule has 0 aliphatic heterocycles. The van der Waals surface area contributed by atoms with E-state index in [2.05, 4.69) is 15.4 Å². The van der Waals surface area contributed by atoms with E-state index in [1.807, 2.05) is 48.5 Å². The number of rotatable bonds is 8. The first-order valence-corrected chi connectivity index (χ1v) is 13.1. The van der Waals surface area contributed by atoms with Crippen molar-refractivity contribution in [3.63, 3.8) is 0 Å². The van der Waals surface area contributed by atoms with Gasteiger partial charge < -0.3 is 24.8 Å². The van der Waals surface area contributed by atoms with E-state index in [-0.39, 0.29) is 19.1 Å². The van der Waals surface area contributed by atoms with Gasteiger partial charge in [0, 0.05) is 12.5 Å². The van der Waals surface area contributed by atoms with Crippen LogP contribution in [0.25, 0.3) is 11.1 Å². The van der Waals surface area contributed by atoms with Crippen LogP contribution in [-0.2, 0) is 14.3 Å². The average molecular weight is 607 g/mol. The molecule has 0 saturated carbocycles. The van der Waals surface area contributed by atoms with Crippen molar-refractivity contribution in [3.05, 3.63) is 88.7 Å². The number of nitrogens with one attached hydrogen (secondary N) is 2. The van der Waals surface area contributed by atoms with Crippen LogP contribution in [0, 0.1) is 29.1 Å². The first-order valence-electron chi connectivity index (χ1n) is 13.1. The fourth-order valence-corrected chi connectivity index (χ4v) is 4.51. The van der Waals surface area contributed by atoms with Gasteiger partial charge in [0.15, 0.2) is 0 Å². The van der Waals surface area contributed by atoms with E-state index in [9.17, 15) is 36.3 Å². The van der Waals surface area contributed by atoms with Crippen molar-refractivity contribution in [1.82, 2.24) is 10.6 Å². The van der Waals surface area contributed by atoms with Gasteiger partial charge >= 0.3 is 18.2 Å². The number of amides is 2. The Kier molecular flexibility index (Phi) is 9.22. The highest BCUT2D eigenvalue weighted by Crippen LogP contribution is 2.44. The largest absolute Gasteiger partial charge is 0.449 e. The van der Waals surface area contributed by atoms with Crippen molar-refractivity contribution in [3.8, 4) is 16.9 Å². The standard InChI is InChI=1S/C30H27F5N2O6/c1-30(2,3)43-28(39)36-13-12-20(27(38)42-26-24(34)22(32)21(31)23(33)25(26)35)37-29(40)41-14-19-17-10-6-4-8-15(17)16-9-5-7-11-18(16)19/h4-11,19-20H,12-14H2,1-3H3,(H,36,39)(H,37,40)/t20-/m0/s1. The number of carbonyl (C=O) groups is 3. The lowest BCUT2D eigenvalue weighted by Crippen LogP contribution is -2.46. The topological polar surface area (TPSA) is 103 Å². The molecule has 2 N–H and O–H groups in total. The molecule has 2 amide bonds. The van der Waals surface area contributed by atoms with Crippen molar-refractivity contribution in [2.75, 3.05) is 13.2 Å². The molecule has 43 heavy (non-hydrogen) atoms. The van der Waals surface area contributed by atoms with Crippen LogP contribution in [0.5, 0.6) is 5.75 Å². The van der Waals surface area contributed by atoms with Gasteiger partial charge in [0.2, 0.25) is 34.8 Å². The number of halogens is 5. The number of ether oxygens (including phenoxy) is 3. The van der Waals surface area contributed by atoms with E-state index in [0.29, 0.717) is 0 Å². The Morgan fingerprint density at radius 3 is 1.84 bits per heavy atom. The van der Waals surface area contributed by atoms with Gasteiger partial charge in [-0.1, -0.05) is 48.5 Å². The number of esters is 1. The van der Waals surface area contributed by atoms with E-state index in [4.69, 9.17) is 9.47 Å². The van der Waals surface area contributed by atoms with E-state index >= 15 is 0 Å². The fourth-order valence-electron chi connectivity index (χ4n) is 4.51. The van der Waals surface area contributed by atoms with Gasteiger partial charge in [-0.2, -0.15) is 8.78 Å². The predicted molar refractivity (Wildman–Crippen MR) is 143 cm³/mol. The molecule has 0 heterocycles. The van der Waals surface area contributed by atoms with E-state index in [1.54, 1.807) is 20.8 Å². The fraction of sp³-hybridized carbons (Fsp3) is 0.300. The van der Waals surface area contributed by atoms with Crippen molar-refractivity contribution < 1.29 is 50.5 Å². The van der Waals surface area contributed by atoms with Gasteiger partial charge in [-0.05, 0) is 49.4 Å². The molecule has 0 radical (unpaired) electrons. The summed E-state index contributed by atoms with van der Waals surface area (Å²) in [6.07, 6.45) is -2.45. The van der Waals surface area contributed by atoms with Crippen LogP contribution >= 0.6 is 0 Å². The first-order chi connectivity index (χ1) is 20.3. The normalized spacial score (nSPS) is 13.0. The first kappa shape index (κ1) is 31.3. The van der Waals surface area contributed by atoms with Gasteiger partial charge in [-0.25, -0.2) is 27.6 Å². The maximum atomic E-state index is 14.2. The second kappa shape index (κ2) is 12.7. The molecular formula is C30H27F5N2O6. The lowest BCUT2D eigenvalue weighted by Gasteiger charge is -2.21. The quantitative estimate of drug-likeness (QED) is 0.106. The molecule has 4 rings (SSSR count). The van der Waals surface area contributed by atoms with Gasteiger partial charge in [0.25, 0.3) is 0 Å². The summed E-state index contributed by atoms with van der Waals surface area (Å²) in [7, 11) is 0. The Morgan fingerprint density at radius 2 is 1.30 bits per heavy atom. The minimum Gasteiger partial charge on any atom is -0.449 e. The van der Waals surface area contributed by atoms with E-state index in [0.717, 1.165) is 22.3 Å². The number of carbonyl (C=O) groups excluding carboxylic acids is 3. The van der Waals surface area contributed by atoms with Crippen molar-refractivity contribution in [2.24, 2.45) is 0 Å². The summed E-state index contributed by atoms with van der Waals surface area (Å²) in [4.78, 5) is 37.6. The Hall–Kier alpha value is -4.68. The lowest BCUT2D eigenvalue weighted by molar-refractivity contribution is -0.137. The SMILES string of the molecule is CC(C)(C)OC(=O)NCC[C@H](NC(=O)OCC1c2ccccc2-c2ccccc21)C(=O)Oc1c(F)c(F)c(F)c(F)c1F. The summed E-state index contributed by atoms with van der Waals surface area (Å²) >= 11 is 0. The second-order valence-corrected chi connectivity index (χ2v) is 10.6. The number of alkyl carbamates (subject to hydrolysis) is 2. The maximum Gasteiger partial charge on any atom is 0.407 e. The molecule has 228 valence electrons. The molecular weight excluding hydrogens is 579 g/mol. The zero-order chi connectivity index (χ0) is 31.5. The molecule has 0 unspecified atom stereocenters. The molecule has 13 heteroatoms. The highest BCUT2D eigenvalue weighted by atomic mass is 19.2. The predicted octanol–water partition coefficient (Wildman–Crippen LogP) is 6.11. The molecule has 3 aromatic carbocycles. The smallest absolute Gasteiger partial charge is 0.407 e. The van der Waals surface area contributed by atoms with E-state index < -0.39 is 71.1 Å². The van der Waals surface area contributed by atoms with Gasteiger partial charge in [-0.15, -0.1) is 0 Å². The molecule has 0 saturated heterocycles. The van der Waals surface area contributed by atoms with E-state index in [1.165, 1.54) is 0 Å². The van der Waals surface area contributed by atoms with Gasteiger partial charge in [0.05, 0.1) is 0 Å². The zero-order valence-corrected chi connectivity index (χ0v) is 23.2. The maximum absolute atomic E-state index is 14.2. The molecule has 1 atom stereocenters. The second-order valence-electron chi connectivity index (χ2n) is 10.6. The summed E-state index contributed by atoms with van der Waals surface area (Å²) in [5, 5.41) is 4.51. The van der Waals surface area contributed by atoms with Crippen LogP contribution in [0.4, 0.5) is 31.5 Å². The number of hydrogen-bond donors (Lipinski definition) is 2. The Bertz CT molecular complexity index is 1480. The van der Waals surface area contributed by atoms with Gasteiger partial charge in [-0.3, -0.25) is 0 Å². The van der Waals surface area contributed by atoms with Crippen LogP contribution in [0.1, 0.15) is 44.2 Å². The van der Waals surface area contributed by atoms with Crippen molar-refractivity contribution in [2.45, 2.75) is 44.8 Å². The number of benzene rings is 3. The zero-order valence-electron chi connectivity index (χ0n) is 23.2. The highest BCUT2D eigenvalue weighted by molar-refractivity contribution is 5.83. The van der Waals surface area contributed by atoms with Crippen LogP contribution in [-0.4, -0.2) is 43.0 Å². The number of hydrogen-bond acceptors (Lipinski definition) is 6. The minimum atomic E-state index is -2.44. The van der Waals surface area contributed by atoms with Crippen molar-refractivity contribution >= 4 is 18.2 Å². The summed E-state index contributed by atoms with van der Waals surface area (Å²) in [6, 6.07) is 13.3. The molecule has 0 bridgehead atoms. The van der Waals surface area contributed by atoms with Crippen LogP contribution in [0.3, 0.4) is 0 Å². The molecule has 3 aromatic rings. The van der Waals surface area contributed by atoms with Crippen LogP contribution in [0.15, 0.2) is 48.5 Å². The molecule has 8 nitrogen and oxygen atoms in total. The average Bonchev–Trinajstić information content (AvgIpc) is 3.28. The minimum absolute atomic E-state index is 0.157. The summed E-state index contributed by atoms with van der Waals surface area (Å²) in [6.45, 7) is 4.34. The Morgan fingerprint density at radius 1 is 0.791 bits per heavy atom. The molecule has 1 aliphatic rings. The molecule has 1 aliphatic carbocycles. The summed E-state index contributed by atoms with van der Waals surface area (Å²) < 4.78 is 84.0. The lowest BCUT2D eigenvalue weighted by atomic mass is 9.98. The third kappa shape index (κ3) is 7.04. The Balaban J connectivity index is 1.48. The Labute approximate surface area is 243 Å². The van der Waals surface area contributed by atoms with Crippen LogP contribution < -0.4 is 15.4 Å².